The molecule has 32 heavy (non-hydrogen) atoms. The Bertz CT molecular complexity index is 1680. The van der Waals surface area contributed by atoms with Crippen LogP contribution in [0.25, 0.3) is 50.7 Å². The molecule has 7 nitrogen and oxygen atoms in total. The Morgan fingerprint density at radius 1 is 0.906 bits per heavy atom. The normalized spacial score (nSPS) is 11.4. The predicted octanol–water partition coefficient (Wildman–Crippen LogP) is 4.96. The smallest absolute Gasteiger partial charge is 0.345 e. The van der Waals surface area contributed by atoms with Gasteiger partial charge in [0.15, 0.2) is 0 Å². The minimum atomic E-state index is -0.472. The van der Waals surface area contributed by atoms with Gasteiger partial charge in [0, 0.05) is 23.3 Å². The highest BCUT2D eigenvalue weighted by atomic mass is 19.1. The number of imidazole rings is 1. The average Bonchev–Trinajstić information content (AvgIpc) is 3.46. The minimum Gasteiger partial charge on any atom is -0.422 e. The van der Waals surface area contributed by atoms with E-state index < -0.39 is 5.63 Å². The van der Waals surface area contributed by atoms with E-state index in [0.29, 0.717) is 33.6 Å². The zero-order valence-corrected chi connectivity index (χ0v) is 16.4. The van der Waals surface area contributed by atoms with Crippen molar-refractivity contribution in [3.63, 3.8) is 0 Å². The average molecular weight is 424 g/mol. The van der Waals surface area contributed by atoms with E-state index >= 15 is 0 Å². The molecule has 8 heteroatoms. The molecule has 0 aliphatic rings. The number of halogens is 1. The number of hydrogen-bond acceptors (Lipinski definition) is 6. The maximum absolute atomic E-state index is 13.6. The van der Waals surface area contributed by atoms with E-state index in [1.165, 1.54) is 12.1 Å². The number of benzene rings is 2. The number of aromatic nitrogens is 4. The van der Waals surface area contributed by atoms with E-state index in [1.54, 1.807) is 40.9 Å². The summed E-state index contributed by atoms with van der Waals surface area (Å²) in [5, 5.41) is 4.77. The van der Waals surface area contributed by atoms with Gasteiger partial charge in [-0.15, -0.1) is 0 Å². The first-order valence-corrected chi connectivity index (χ1v) is 9.77. The van der Waals surface area contributed by atoms with Gasteiger partial charge in [-0.2, -0.15) is 4.98 Å². The van der Waals surface area contributed by atoms with Crippen LogP contribution in [-0.2, 0) is 0 Å². The molecule has 0 atom stereocenters. The molecule has 154 valence electrons. The van der Waals surface area contributed by atoms with Crippen LogP contribution in [0.5, 0.6) is 0 Å². The van der Waals surface area contributed by atoms with E-state index in [-0.39, 0.29) is 17.5 Å². The predicted molar refractivity (Wildman–Crippen MR) is 115 cm³/mol. The van der Waals surface area contributed by atoms with Gasteiger partial charge in [-0.3, -0.25) is 0 Å². The Morgan fingerprint density at radius 3 is 2.72 bits per heavy atom. The Hall–Kier alpha value is -4.59. The molecule has 0 N–H and O–H groups in total. The van der Waals surface area contributed by atoms with E-state index in [0.717, 1.165) is 5.39 Å². The van der Waals surface area contributed by atoms with Gasteiger partial charge in [0.2, 0.25) is 5.82 Å². The fourth-order valence-corrected chi connectivity index (χ4v) is 3.63. The molecule has 4 heterocycles. The lowest BCUT2D eigenvalue weighted by Gasteiger charge is -1.98. The van der Waals surface area contributed by atoms with Crippen LogP contribution < -0.4 is 5.63 Å². The molecular weight excluding hydrogens is 411 g/mol. The molecule has 0 unspecified atom stereocenters. The van der Waals surface area contributed by atoms with Crippen molar-refractivity contribution in [2.75, 3.05) is 0 Å². The molecule has 0 saturated carbocycles. The maximum Gasteiger partial charge on any atom is 0.345 e. The lowest BCUT2D eigenvalue weighted by Crippen LogP contribution is -2.02. The molecule has 0 saturated heterocycles. The Kier molecular flexibility index (Phi) is 3.97. The summed E-state index contributed by atoms with van der Waals surface area (Å²) < 4.78 is 26.2. The number of para-hydroxylation sites is 1. The first-order valence-electron chi connectivity index (χ1n) is 9.77. The van der Waals surface area contributed by atoms with Crippen molar-refractivity contribution in [1.82, 2.24) is 19.5 Å². The van der Waals surface area contributed by atoms with Crippen LogP contribution >= 0.6 is 0 Å². The van der Waals surface area contributed by atoms with Crippen LogP contribution in [-0.4, -0.2) is 19.5 Å². The Balaban J connectivity index is 1.47. The maximum atomic E-state index is 13.6. The summed E-state index contributed by atoms with van der Waals surface area (Å²) in [5.74, 6) is 0.115. The standard InChI is InChI=1S/C24H13FN4O3/c25-16-7-3-6-15(11-16)21-27-23(32-28-21)17-8-4-10-29-13-19(26-22(17)29)18-12-14-5-1-2-9-20(14)31-24(18)30/h1-13H. The van der Waals surface area contributed by atoms with Crippen LogP contribution in [0, 0.1) is 5.82 Å². The van der Waals surface area contributed by atoms with E-state index in [4.69, 9.17) is 8.94 Å². The second-order valence-electron chi connectivity index (χ2n) is 7.20. The van der Waals surface area contributed by atoms with Crippen molar-refractivity contribution < 1.29 is 13.3 Å². The number of rotatable bonds is 3. The van der Waals surface area contributed by atoms with E-state index in [2.05, 4.69) is 15.1 Å². The largest absolute Gasteiger partial charge is 0.422 e. The zero-order chi connectivity index (χ0) is 21.7. The minimum absolute atomic E-state index is 0.234. The molecule has 0 fully saturated rings. The summed E-state index contributed by atoms with van der Waals surface area (Å²) in [6.07, 6.45) is 3.55. The quantitative estimate of drug-likeness (QED) is 0.373. The molecular formula is C24H13FN4O3. The SMILES string of the molecule is O=c1oc2ccccc2cc1-c1cn2cccc(-c3nc(-c4cccc(F)c4)no3)c2n1. The number of hydrogen-bond donors (Lipinski definition) is 0. The summed E-state index contributed by atoms with van der Waals surface area (Å²) in [4.78, 5) is 21.6. The molecule has 2 aromatic carbocycles. The van der Waals surface area contributed by atoms with Crippen LogP contribution in [0.3, 0.4) is 0 Å². The summed E-state index contributed by atoms with van der Waals surface area (Å²) in [6, 6.07) is 18.6. The van der Waals surface area contributed by atoms with Crippen molar-refractivity contribution in [2.45, 2.75) is 0 Å². The summed E-state index contributed by atoms with van der Waals surface area (Å²) in [5.41, 5.74) is 2.47. The molecule has 6 rings (SSSR count). The topological polar surface area (TPSA) is 86.4 Å². The number of nitrogens with zero attached hydrogens (tertiary/aromatic N) is 4. The highest BCUT2D eigenvalue weighted by Crippen LogP contribution is 2.28. The second-order valence-corrected chi connectivity index (χ2v) is 7.20. The van der Waals surface area contributed by atoms with Crippen molar-refractivity contribution in [3.8, 4) is 34.1 Å². The van der Waals surface area contributed by atoms with E-state index in [1.807, 2.05) is 30.5 Å². The van der Waals surface area contributed by atoms with Crippen LogP contribution in [0.1, 0.15) is 0 Å². The molecule has 0 amide bonds. The van der Waals surface area contributed by atoms with Crippen molar-refractivity contribution in [1.29, 1.82) is 0 Å². The zero-order valence-electron chi connectivity index (χ0n) is 16.4. The third kappa shape index (κ3) is 2.97. The first-order chi connectivity index (χ1) is 15.7. The lowest BCUT2D eigenvalue weighted by atomic mass is 10.1. The Morgan fingerprint density at radius 2 is 1.81 bits per heavy atom. The lowest BCUT2D eigenvalue weighted by molar-refractivity contribution is 0.432. The molecule has 0 radical (unpaired) electrons. The van der Waals surface area contributed by atoms with Gasteiger partial charge in [-0.05, 0) is 36.4 Å². The van der Waals surface area contributed by atoms with Crippen molar-refractivity contribution in [3.05, 3.63) is 95.4 Å². The van der Waals surface area contributed by atoms with E-state index in [9.17, 15) is 9.18 Å². The highest BCUT2D eigenvalue weighted by molar-refractivity contribution is 5.82. The fraction of sp³-hybridized carbons (Fsp3) is 0. The summed E-state index contributed by atoms with van der Waals surface area (Å²) in [6.45, 7) is 0. The van der Waals surface area contributed by atoms with Gasteiger partial charge in [-0.1, -0.05) is 35.5 Å². The monoisotopic (exact) mass is 424 g/mol. The third-order valence-corrected chi connectivity index (χ3v) is 5.14. The molecule has 6 aromatic rings. The number of fused-ring (bicyclic) bond motifs is 2. The van der Waals surface area contributed by atoms with Gasteiger partial charge >= 0.3 is 5.63 Å². The fourth-order valence-electron chi connectivity index (χ4n) is 3.63. The summed E-state index contributed by atoms with van der Waals surface area (Å²) >= 11 is 0. The third-order valence-electron chi connectivity index (χ3n) is 5.14. The van der Waals surface area contributed by atoms with Gasteiger partial charge in [0.25, 0.3) is 5.89 Å². The van der Waals surface area contributed by atoms with Crippen LogP contribution in [0.2, 0.25) is 0 Å². The molecule has 4 aromatic heterocycles. The van der Waals surface area contributed by atoms with Crippen LogP contribution in [0.15, 0.2) is 92.9 Å². The van der Waals surface area contributed by atoms with Gasteiger partial charge < -0.3 is 13.3 Å². The second kappa shape index (κ2) is 6.98. The first kappa shape index (κ1) is 18.2. The molecule has 0 bridgehead atoms. The van der Waals surface area contributed by atoms with Crippen LogP contribution in [0.4, 0.5) is 4.39 Å². The Labute approximate surface area is 179 Å². The van der Waals surface area contributed by atoms with Crippen molar-refractivity contribution in [2.24, 2.45) is 0 Å². The molecule has 0 aliphatic heterocycles. The van der Waals surface area contributed by atoms with Gasteiger partial charge in [0.05, 0.1) is 16.8 Å². The molecule has 0 spiro atoms. The number of pyridine rings is 1. The van der Waals surface area contributed by atoms with Crippen molar-refractivity contribution >= 4 is 16.6 Å². The highest BCUT2D eigenvalue weighted by Gasteiger charge is 2.18. The van der Waals surface area contributed by atoms with Gasteiger partial charge in [0.1, 0.15) is 17.0 Å². The summed E-state index contributed by atoms with van der Waals surface area (Å²) in [7, 11) is 0. The van der Waals surface area contributed by atoms with Gasteiger partial charge in [-0.25, -0.2) is 14.2 Å². The molecule has 0 aliphatic carbocycles.